The van der Waals surface area contributed by atoms with Gasteiger partial charge in [-0.1, -0.05) is 19.3 Å². The van der Waals surface area contributed by atoms with Gasteiger partial charge >= 0.3 is 5.97 Å². The van der Waals surface area contributed by atoms with Gasteiger partial charge in [-0.3, -0.25) is 9.59 Å². The molecule has 2 aliphatic rings. The van der Waals surface area contributed by atoms with Crippen LogP contribution in [-0.4, -0.2) is 49.6 Å². The van der Waals surface area contributed by atoms with Crippen molar-refractivity contribution in [2.24, 2.45) is 17.8 Å². The van der Waals surface area contributed by atoms with E-state index < -0.39 is 0 Å². The number of hydrogen-bond acceptors (Lipinski definition) is 6. The molecular formula is C21H36O6. The Morgan fingerprint density at radius 1 is 1.11 bits per heavy atom. The minimum atomic E-state index is -0.192. The van der Waals surface area contributed by atoms with E-state index in [9.17, 15) is 14.7 Å². The lowest BCUT2D eigenvalue weighted by Gasteiger charge is -2.29. The van der Waals surface area contributed by atoms with Crippen molar-refractivity contribution in [1.29, 1.82) is 0 Å². The van der Waals surface area contributed by atoms with E-state index in [1.165, 1.54) is 7.11 Å². The standard InChI is InChI=1S/C21H36O6/c1-15(23)17-13-19(27-21-11-7-8-12-26-21)18(14-22)16(17)9-5-3-4-6-10-20(24)25-2/h16-19,21-22H,3-14H2,1-2H3/t16-,17+,18+,19+,21?/m0/s1. The Bertz CT molecular complexity index is 460. The summed E-state index contributed by atoms with van der Waals surface area (Å²) in [5, 5.41) is 9.98. The predicted molar refractivity (Wildman–Crippen MR) is 101 cm³/mol. The molecule has 0 aromatic rings. The first kappa shape index (κ1) is 22.3. The first-order chi connectivity index (χ1) is 13.1. The van der Waals surface area contributed by atoms with Gasteiger partial charge < -0.3 is 19.3 Å². The zero-order chi connectivity index (χ0) is 19.6. The van der Waals surface area contributed by atoms with Gasteiger partial charge in [-0.05, 0) is 51.4 Å². The highest BCUT2D eigenvalue weighted by Crippen LogP contribution is 2.43. The molecule has 5 atom stereocenters. The van der Waals surface area contributed by atoms with E-state index in [0.29, 0.717) is 12.8 Å². The quantitative estimate of drug-likeness (QED) is 0.435. The van der Waals surface area contributed by atoms with E-state index in [1.54, 1.807) is 6.92 Å². The minimum absolute atomic E-state index is 0.000467. The molecule has 1 saturated carbocycles. The molecule has 0 bridgehead atoms. The molecule has 1 aliphatic carbocycles. The Kier molecular flexibility index (Phi) is 9.73. The van der Waals surface area contributed by atoms with Crippen molar-refractivity contribution in [3.05, 3.63) is 0 Å². The van der Waals surface area contributed by atoms with E-state index >= 15 is 0 Å². The molecule has 2 fully saturated rings. The number of Topliss-reactive ketones (excluding diaryl/α,β-unsaturated/α-hetero) is 1. The summed E-state index contributed by atoms with van der Waals surface area (Å²) in [6, 6.07) is 0. The molecule has 1 aliphatic heterocycles. The van der Waals surface area contributed by atoms with E-state index in [4.69, 9.17) is 9.47 Å². The lowest BCUT2D eigenvalue weighted by Crippen LogP contribution is -2.33. The normalized spacial score (nSPS) is 31.0. The zero-order valence-electron chi connectivity index (χ0n) is 16.9. The summed E-state index contributed by atoms with van der Waals surface area (Å²) in [7, 11) is 1.41. The molecule has 6 nitrogen and oxygen atoms in total. The molecule has 156 valence electrons. The van der Waals surface area contributed by atoms with E-state index in [2.05, 4.69) is 4.74 Å². The number of carbonyl (C=O) groups is 2. The molecular weight excluding hydrogens is 348 g/mol. The Hall–Kier alpha value is -0.980. The largest absolute Gasteiger partial charge is 0.469 e. The maximum Gasteiger partial charge on any atom is 0.305 e. The van der Waals surface area contributed by atoms with Crippen LogP contribution in [0.15, 0.2) is 0 Å². The molecule has 0 radical (unpaired) electrons. The van der Waals surface area contributed by atoms with Gasteiger partial charge in [0.05, 0.1) is 13.2 Å². The molecule has 0 amide bonds. The molecule has 2 rings (SSSR count). The summed E-state index contributed by atoms with van der Waals surface area (Å²) in [6.45, 7) is 2.43. The third-order valence-corrected chi connectivity index (χ3v) is 6.12. The number of unbranched alkanes of at least 4 members (excludes halogenated alkanes) is 3. The van der Waals surface area contributed by atoms with Gasteiger partial charge in [-0.2, -0.15) is 0 Å². The predicted octanol–water partition coefficient (Wildman–Crippen LogP) is 3.25. The van der Waals surface area contributed by atoms with Gasteiger partial charge in [0.2, 0.25) is 0 Å². The topological polar surface area (TPSA) is 82.1 Å². The first-order valence-corrected chi connectivity index (χ1v) is 10.5. The maximum atomic E-state index is 12.2. The second-order valence-corrected chi connectivity index (χ2v) is 7.96. The van der Waals surface area contributed by atoms with Gasteiger partial charge in [-0.25, -0.2) is 0 Å². The van der Waals surface area contributed by atoms with E-state index in [-0.39, 0.29) is 48.5 Å². The monoisotopic (exact) mass is 384 g/mol. The molecule has 6 heteroatoms. The van der Waals surface area contributed by atoms with Crippen LogP contribution in [0, 0.1) is 17.8 Å². The number of carbonyl (C=O) groups excluding carboxylic acids is 2. The van der Waals surface area contributed by atoms with Gasteiger partial charge in [-0.15, -0.1) is 0 Å². The molecule has 1 unspecified atom stereocenters. The lowest BCUT2D eigenvalue weighted by molar-refractivity contribution is -0.198. The van der Waals surface area contributed by atoms with Crippen LogP contribution in [0.1, 0.15) is 71.1 Å². The summed E-state index contributed by atoms with van der Waals surface area (Å²) >= 11 is 0. The van der Waals surface area contributed by atoms with Crippen LogP contribution < -0.4 is 0 Å². The second kappa shape index (κ2) is 11.8. The lowest BCUT2D eigenvalue weighted by atomic mass is 9.83. The van der Waals surface area contributed by atoms with Crippen molar-refractivity contribution in [2.75, 3.05) is 20.3 Å². The van der Waals surface area contributed by atoms with Crippen molar-refractivity contribution in [3.8, 4) is 0 Å². The highest BCUT2D eigenvalue weighted by atomic mass is 16.7. The van der Waals surface area contributed by atoms with Crippen molar-refractivity contribution < 1.29 is 28.9 Å². The molecule has 0 aromatic carbocycles. The Labute approximate surface area is 162 Å². The van der Waals surface area contributed by atoms with Crippen molar-refractivity contribution in [2.45, 2.75) is 83.5 Å². The average molecular weight is 385 g/mol. The second-order valence-electron chi connectivity index (χ2n) is 7.96. The third kappa shape index (κ3) is 6.84. The number of methoxy groups -OCH3 is 1. The fraction of sp³-hybridized carbons (Fsp3) is 0.905. The number of ether oxygens (including phenoxy) is 3. The molecule has 1 saturated heterocycles. The Morgan fingerprint density at radius 3 is 2.52 bits per heavy atom. The summed E-state index contributed by atoms with van der Waals surface area (Å²) in [5.41, 5.74) is 0. The van der Waals surface area contributed by atoms with Crippen LogP contribution in [0.3, 0.4) is 0 Å². The number of rotatable bonds is 11. The van der Waals surface area contributed by atoms with Crippen molar-refractivity contribution >= 4 is 11.8 Å². The van der Waals surface area contributed by atoms with Crippen molar-refractivity contribution in [3.63, 3.8) is 0 Å². The SMILES string of the molecule is COC(=O)CCCCCC[C@@H]1[C@@H](CO)[C@H](OC2CCCCO2)C[C@@H]1C(C)=O. The molecule has 1 N–H and O–H groups in total. The van der Waals surface area contributed by atoms with Crippen molar-refractivity contribution in [1.82, 2.24) is 0 Å². The first-order valence-electron chi connectivity index (χ1n) is 10.5. The summed E-state index contributed by atoms with van der Waals surface area (Å²) in [4.78, 5) is 23.3. The van der Waals surface area contributed by atoms with Crippen LogP contribution in [-0.2, 0) is 23.8 Å². The highest BCUT2D eigenvalue weighted by Gasteiger charge is 2.45. The molecule has 0 aromatic heterocycles. The van der Waals surface area contributed by atoms with Crippen LogP contribution in [0.4, 0.5) is 0 Å². The van der Waals surface area contributed by atoms with Crippen LogP contribution in [0.2, 0.25) is 0 Å². The fourth-order valence-electron chi connectivity index (χ4n) is 4.58. The van der Waals surface area contributed by atoms with Gasteiger partial charge in [0.1, 0.15) is 5.78 Å². The van der Waals surface area contributed by atoms with Gasteiger partial charge in [0.25, 0.3) is 0 Å². The summed E-state index contributed by atoms with van der Waals surface area (Å²) < 4.78 is 16.5. The summed E-state index contributed by atoms with van der Waals surface area (Å²) in [6.07, 6.45) is 8.68. The Morgan fingerprint density at radius 2 is 1.89 bits per heavy atom. The minimum Gasteiger partial charge on any atom is -0.469 e. The third-order valence-electron chi connectivity index (χ3n) is 6.12. The number of aliphatic hydroxyl groups excluding tert-OH is 1. The average Bonchev–Trinajstić information content (AvgIpc) is 3.02. The van der Waals surface area contributed by atoms with E-state index in [0.717, 1.165) is 58.0 Å². The van der Waals surface area contributed by atoms with Gasteiger partial charge in [0.15, 0.2) is 6.29 Å². The molecule has 1 heterocycles. The smallest absolute Gasteiger partial charge is 0.305 e. The van der Waals surface area contributed by atoms with Crippen LogP contribution in [0.25, 0.3) is 0 Å². The molecule has 27 heavy (non-hydrogen) atoms. The number of ketones is 1. The fourth-order valence-corrected chi connectivity index (χ4v) is 4.58. The highest BCUT2D eigenvalue weighted by molar-refractivity contribution is 5.79. The van der Waals surface area contributed by atoms with E-state index in [1.807, 2.05) is 0 Å². The molecule has 0 spiro atoms. The number of hydrogen-bond donors (Lipinski definition) is 1. The summed E-state index contributed by atoms with van der Waals surface area (Å²) in [5.74, 6) is 0.166. The number of esters is 1. The zero-order valence-corrected chi connectivity index (χ0v) is 16.9. The number of aliphatic hydroxyl groups is 1. The van der Waals surface area contributed by atoms with Crippen LogP contribution in [0.5, 0.6) is 0 Å². The van der Waals surface area contributed by atoms with Crippen LogP contribution >= 0.6 is 0 Å². The van der Waals surface area contributed by atoms with Gasteiger partial charge in [0, 0.05) is 31.5 Å². The maximum absolute atomic E-state index is 12.2. The Balaban J connectivity index is 1.82.